The van der Waals surface area contributed by atoms with Gasteiger partial charge >= 0.3 is 0 Å². The molecule has 4 heteroatoms. The largest absolute Gasteiger partial charge is 0.309 e. The molecule has 0 radical (unpaired) electrons. The third-order valence-electron chi connectivity index (χ3n) is 2.24. The van der Waals surface area contributed by atoms with Crippen LogP contribution in [0.15, 0.2) is 23.0 Å². The Morgan fingerprint density at radius 1 is 1.43 bits per heavy atom. The van der Waals surface area contributed by atoms with Gasteiger partial charge in [0.1, 0.15) is 0 Å². The van der Waals surface area contributed by atoms with Crippen LogP contribution in [0.2, 0.25) is 0 Å². The zero-order valence-corrected chi connectivity index (χ0v) is 9.78. The normalized spacial score (nSPS) is 13.0. The second-order valence-corrected chi connectivity index (χ2v) is 4.75. The van der Waals surface area contributed by atoms with Crippen LogP contribution in [0.1, 0.15) is 22.0 Å². The standard InChI is InChI=1S/C10H12N2S2/c1-7-5-13-6-8(7)10(11-2)9-3-4-12-14-9/h3-6,10-11H,1-2H3. The van der Waals surface area contributed by atoms with E-state index in [1.54, 1.807) is 22.9 Å². The molecule has 0 saturated heterocycles. The van der Waals surface area contributed by atoms with Gasteiger partial charge in [0.25, 0.3) is 0 Å². The van der Waals surface area contributed by atoms with Crippen LogP contribution in [0.5, 0.6) is 0 Å². The molecule has 0 aromatic carbocycles. The summed E-state index contributed by atoms with van der Waals surface area (Å²) in [4.78, 5) is 1.27. The van der Waals surface area contributed by atoms with E-state index >= 15 is 0 Å². The van der Waals surface area contributed by atoms with Crippen molar-refractivity contribution in [1.29, 1.82) is 0 Å². The Labute approximate surface area is 91.8 Å². The molecule has 0 saturated carbocycles. The van der Waals surface area contributed by atoms with Crippen LogP contribution in [0, 0.1) is 6.92 Å². The molecule has 0 bridgehead atoms. The van der Waals surface area contributed by atoms with Crippen molar-refractivity contribution in [3.8, 4) is 0 Å². The minimum Gasteiger partial charge on any atom is -0.309 e. The lowest BCUT2D eigenvalue weighted by Crippen LogP contribution is -2.16. The first kappa shape index (κ1) is 9.83. The molecule has 2 rings (SSSR count). The zero-order chi connectivity index (χ0) is 9.97. The quantitative estimate of drug-likeness (QED) is 0.867. The Morgan fingerprint density at radius 2 is 2.29 bits per heavy atom. The third-order valence-corrected chi connectivity index (χ3v) is 3.93. The van der Waals surface area contributed by atoms with Crippen LogP contribution in [-0.4, -0.2) is 11.4 Å². The van der Waals surface area contributed by atoms with E-state index < -0.39 is 0 Å². The first-order valence-electron chi connectivity index (χ1n) is 4.43. The Kier molecular flexibility index (Phi) is 2.96. The van der Waals surface area contributed by atoms with Gasteiger partial charge in [-0.15, -0.1) is 0 Å². The molecule has 14 heavy (non-hydrogen) atoms. The van der Waals surface area contributed by atoms with Gasteiger partial charge in [0, 0.05) is 11.1 Å². The van der Waals surface area contributed by atoms with Crippen molar-refractivity contribution >= 4 is 22.9 Å². The van der Waals surface area contributed by atoms with Crippen molar-refractivity contribution in [3.05, 3.63) is 39.0 Å². The topological polar surface area (TPSA) is 24.9 Å². The first-order chi connectivity index (χ1) is 6.83. The molecule has 0 aliphatic carbocycles. The van der Waals surface area contributed by atoms with E-state index in [9.17, 15) is 0 Å². The molecule has 2 aromatic heterocycles. The molecule has 2 nitrogen and oxygen atoms in total. The van der Waals surface area contributed by atoms with Gasteiger partial charge in [-0.1, -0.05) is 0 Å². The molecule has 74 valence electrons. The maximum Gasteiger partial charge on any atom is 0.0695 e. The Morgan fingerprint density at radius 3 is 2.79 bits per heavy atom. The third kappa shape index (κ3) is 1.73. The predicted molar refractivity (Wildman–Crippen MR) is 62.1 cm³/mol. The van der Waals surface area contributed by atoms with Crippen molar-refractivity contribution in [2.45, 2.75) is 13.0 Å². The summed E-state index contributed by atoms with van der Waals surface area (Å²) in [6, 6.07) is 2.37. The molecule has 0 amide bonds. The monoisotopic (exact) mass is 224 g/mol. The molecule has 1 unspecified atom stereocenters. The van der Waals surface area contributed by atoms with E-state index in [1.165, 1.54) is 16.0 Å². The maximum absolute atomic E-state index is 4.14. The summed E-state index contributed by atoms with van der Waals surface area (Å²) < 4.78 is 4.14. The van der Waals surface area contributed by atoms with Crippen LogP contribution in [-0.2, 0) is 0 Å². The van der Waals surface area contributed by atoms with Crippen molar-refractivity contribution < 1.29 is 0 Å². The number of aromatic nitrogens is 1. The predicted octanol–water partition coefficient (Wildman–Crippen LogP) is 2.82. The fourth-order valence-corrected chi connectivity index (χ4v) is 3.08. The lowest BCUT2D eigenvalue weighted by Gasteiger charge is -2.13. The molecular formula is C10H12N2S2. The van der Waals surface area contributed by atoms with Gasteiger partial charge in [0.2, 0.25) is 0 Å². The van der Waals surface area contributed by atoms with Crippen molar-refractivity contribution in [2.75, 3.05) is 7.05 Å². The van der Waals surface area contributed by atoms with Gasteiger partial charge in [-0.3, -0.25) is 0 Å². The fraction of sp³-hybridized carbons (Fsp3) is 0.300. The van der Waals surface area contributed by atoms with Crippen LogP contribution >= 0.6 is 22.9 Å². The molecule has 0 fully saturated rings. The lowest BCUT2D eigenvalue weighted by atomic mass is 10.1. The van der Waals surface area contributed by atoms with Crippen LogP contribution in [0.3, 0.4) is 0 Å². The highest BCUT2D eigenvalue weighted by molar-refractivity contribution is 7.08. The van der Waals surface area contributed by atoms with Crippen LogP contribution in [0.4, 0.5) is 0 Å². The summed E-state index contributed by atoms with van der Waals surface area (Å²) in [5, 5.41) is 7.71. The van der Waals surface area contributed by atoms with Crippen molar-refractivity contribution in [3.63, 3.8) is 0 Å². The van der Waals surface area contributed by atoms with Gasteiger partial charge in [-0.05, 0) is 53.5 Å². The van der Waals surface area contributed by atoms with Gasteiger partial charge in [0.05, 0.1) is 6.04 Å². The van der Waals surface area contributed by atoms with Gasteiger partial charge in [-0.2, -0.15) is 11.3 Å². The van der Waals surface area contributed by atoms with Gasteiger partial charge < -0.3 is 5.32 Å². The summed E-state index contributed by atoms with van der Waals surface area (Å²) >= 11 is 3.31. The second-order valence-electron chi connectivity index (χ2n) is 3.15. The highest BCUT2D eigenvalue weighted by Crippen LogP contribution is 2.28. The number of aryl methyl sites for hydroxylation is 1. The molecule has 2 heterocycles. The van der Waals surface area contributed by atoms with Crippen LogP contribution in [0.25, 0.3) is 0 Å². The Hall–Kier alpha value is -0.710. The van der Waals surface area contributed by atoms with E-state index in [0.29, 0.717) is 6.04 Å². The molecule has 1 N–H and O–H groups in total. The smallest absolute Gasteiger partial charge is 0.0695 e. The van der Waals surface area contributed by atoms with E-state index in [4.69, 9.17) is 0 Å². The van der Waals surface area contributed by atoms with E-state index in [1.807, 2.05) is 13.2 Å². The first-order valence-corrected chi connectivity index (χ1v) is 6.15. The van der Waals surface area contributed by atoms with E-state index in [0.717, 1.165) is 0 Å². The van der Waals surface area contributed by atoms with Crippen molar-refractivity contribution in [2.24, 2.45) is 0 Å². The van der Waals surface area contributed by atoms with Crippen molar-refractivity contribution in [1.82, 2.24) is 9.69 Å². The number of hydrogen-bond donors (Lipinski definition) is 1. The molecule has 0 aliphatic heterocycles. The average Bonchev–Trinajstić information content (AvgIpc) is 2.80. The van der Waals surface area contributed by atoms with Gasteiger partial charge in [-0.25, -0.2) is 4.37 Å². The highest BCUT2D eigenvalue weighted by Gasteiger charge is 2.15. The summed E-state index contributed by atoms with van der Waals surface area (Å²) in [5.74, 6) is 0. The Bertz CT molecular complexity index is 392. The fourth-order valence-electron chi connectivity index (χ4n) is 1.49. The number of nitrogens with one attached hydrogen (secondary N) is 1. The summed E-state index contributed by atoms with van der Waals surface area (Å²) in [6.45, 7) is 2.15. The minimum absolute atomic E-state index is 0.300. The molecule has 1 atom stereocenters. The summed E-state index contributed by atoms with van der Waals surface area (Å²) in [7, 11) is 1.99. The molecule has 0 spiro atoms. The number of rotatable bonds is 3. The molecule has 2 aromatic rings. The Balaban J connectivity index is 2.36. The minimum atomic E-state index is 0.300. The van der Waals surface area contributed by atoms with E-state index in [-0.39, 0.29) is 0 Å². The summed E-state index contributed by atoms with van der Waals surface area (Å²) in [5.41, 5.74) is 2.71. The lowest BCUT2D eigenvalue weighted by molar-refractivity contribution is 0.702. The van der Waals surface area contributed by atoms with Crippen LogP contribution < -0.4 is 5.32 Å². The molecular weight excluding hydrogens is 212 g/mol. The van der Waals surface area contributed by atoms with E-state index in [2.05, 4.69) is 33.4 Å². The number of nitrogens with zero attached hydrogens (tertiary/aromatic N) is 1. The summed E-state index contributed by atoms with van der Waals surface area (Å²) in [6.07, 6.45) is 1.85. The van der Waals surface area contributed by atoms with Gasteiger partial charge in [0.15, 0.2) is 0 Å². The number of thiophene rings is 1. The molecule has 0 aliphatic rings. The second kappa shape index (κ2) is 4.21. The average molecular weight is 224 g/mol. The SMILES string of the molecule is CNC(c1ccns1)c1cscc1C. The zero-order valence-electron chi connectivity index (χ0n) is 8.15. The highest BCUT2D eigenvalue weighted by atomic mass is 32.1. The maximum atomic E-state index is 4.14. The number of hydrogen-bond acceptors (Lipinski definition) is 4.